The lowest BCUT2D eigenvalue weighted by Gasteiger charge is -2.22. The summed E-state index contributed by atoms with van der Waals surface area (Å²) in [6, 6.07) is 0.551. The Morgan fingerprint density at radius 1 is 1.62 bits per heavy atom. The third-order valence-corrected chi connectivity index (χ3v) is 2.85. The van der Waals surface area contributed by atoms with E-state index < -0.39 is 0 Å². The van der Waals surface area contributed by atoms with Crippen LogP contribution >= 0.6 is 0 Å². The molecule has 0 bridgehead atoms. The topological polar surface area (TPSA) is 29.9 Å². The summed E-state index contributed by atoms with van der Waals surface area (Å²) in [6.45, 7) is 7.63. The van der Waals surface area contributed by atoms with Crippen molar-refractivity contribution in [2.75, 3.05) is 11.9 Å². The summed E-state index contributed by atoms with van der Waals surface area (Å²) in [4.78, 5) is 0. The predicted octanol–water partition coefficient (Wildman–Crippen LogP) is 2.13. The summed E-state index contributed by atoms with van der Waals surface area (Å²) in [5.74, 6) is 1.23. The zero-order valence-electron chi connectivity index (χ0n) is 8.59. The molecule has 0 aliphatic carbocycles. The van der Waals surface area contributed by atoms with Crippen molar-refractivity contribution < 1.29 is 0 Å². The molecule has 0 fully saturated rings. The van der Waals surface area contributed by atoms with Crippen LogP contribution in [-0.2, 0) is 6.42 Å². The second-order valence-corrected chi connectivity index (χ2v) is 3.78. The highest BCUT2D eigenvalue weighted by molar-refractivity contribution is 5.48. The van der Waals surface area contributed by atoms with Crippen LogP contribution in [0.5, 0.6) is 0 Å². The number of nitrogens with one attached hydrogen (secondary N) is 1. The van der Waals surface area contributed by atoms with E-state index >= 15 is 0 Å². The van der Waals surface area contributed by atoms with Gasteiger partial charge in [-0.2, -0.15) is 5.10 Å². The van der Waals surface area contributed by atoms with E-state index in [9.17, 15) is 0 Å². The van der Waals surface area contributed by atoms with Crippen molar-refractivity contribution in [2.45, 2.75) is 39.7 Å². The van der Waals surface area contributed by atoms with E-state index in [1.54, 1.807) is 0 Å². The molecular weight excluding hydrogens is 162 g/mol. The molecule has 0 radical (unpaired) electrons. The Morgan fingerprint density at radius 3 is 3.00 bits per heavy atom. The standard InChI is InChI=1S/C10H17N3/c1-4-9-8(3)10-11-6-5-7(2)13(10)12-9/h7,11H,4-6H2,1-3H3. The van der Waals surface area contributed by atoms with Crippen LogP contribution in [0, 0.1) is 6.92 Å². The van der Waals surface area contributed by atoms with E-state index in [0.717, 1.165) is 13.0 Å². The van der Waals surface area contributed by atoms with Gasteiger partial charge in [0.1, 0.15) is 5.82 Å². The predicted molar refractivity (Wildman–Crippen MR) is 54.2 cm³/mol. The molecule has 0 amide bonds. The number of aromatic nitrogens is 2. The number of hydrogen-bond acceptors (Lipinski definition) is 2. The maximum Gasteiger partial charge on any atom is 0.127 e. The van der Waals surface area contributed by atoms with E-state index in [1.807, 2.05) is 0 Å². The van der Waals surface area contributed by atoms with E-state index in [1.165, 1.54) is 23.5 Å². The maximum absolute atomic E-state index is 4.60. The van der Waals surface area contributed by atoms with E-state index in [0.29, 0.717) is 6.04 Å². The highest BCUT2D eigenvalue weighted by Gasteiger charge is 2.20. The minimum Gasteiger partial charge on any atom is -0.370 e. The van der Waals surface area contributed by atoms with Crippen molar-refractivity contribution in [1.29, 1.82) is 0 Å². The first kappa shape index (κ1) is 8.60. The molecule has 1 aromatic rings. The first-order valence-corrected chi connectivity index (χ1v) is 5.06. The summed E-state index contributed by atoms with van der Waals surface area (Å²) >= 11 is 0. The van der Waals surface area contributed by atoms with Crippen LogP contribution in [0.25, 0.3) is 0 Å². The van der Waals surface area contributed by atoms with Crippen molar-refractivity contribution >= 4 is 5.82 Å². The third kappa shape index (κ3) is 1.23. The van der Waals surface area contributed by atoms with Gasteiger partial charge >= 0.3 is 0 Å². The summed E-state index contributed by atoms with van der Waals surface area (Å²) < 4.78 is 2.14. The number of hydrogen-bond donors (Lipinski definition) is 1. The van der Waals surface area contributed by atoms with E-state index in [2.05, 4.69) is 35.9 Å². The van der Waals surface area contributed by atoms with Crippen molar-refractivity contribution in [3.8, 4) is 0 Å². The molecule has 1 aromatic heterocycles. The lowest BCUT2D eigenvalue weighted by molar-refractivity contribution is 0.450. The highest BCUT2D eigenvalue weighted by atomic mass is 15.4. The zero-order valence-corrected chi connectivity index (χ0v) is 8.59. The van der Waals surface area contributed by atoms with E-state index in [-0.39, 0.29) is 0 Å². The number of fused-ring (bicyclic) bond motifs is 1. The molecule has 1 aliphatic heterocycles. The Labute approximate surface area is 79.1 Å². The number of nitrogens with zero attached hydrogens (tertiary/aromatic N) is 2. The Balaban J connectivity index is 2.48. The molecule has 1 atom stereocenters. The number of rotatable bonds is 1. The number of aryl methyl sites for hydroxylation is 1. The van der Waals surface area contributed by atoms with Crippen molar-refractivity contribution in [3.63, 3.8) is 0 Å². The first-order valence-electron chi connectivity index (χ1n) is 5.06. The molecular formula is C10H17N3. The van der Waals surface area contributed by atoms with Crippen LogP contribution < -0.4 is 5.32 Å². The third-order valence-electron chi connectivity index (χ3n) is 2.85. The van der Waals surface area contributed by atoms with Gasteiger partial charge in [0.15, 0.2) is 0 Å². The second kappa shape index (κ2) is 3.05. The van der Waals surface area contributed by atoms with Gasteiger partial charge in [0.05, 0.1) is 11.7 Å². The van der Waals surface area contributed by atoms with Gasteiger partial charge < -0.3 is 5.32 Å². The normalized spacial score (nSPS) is 21.0. The molecule has 2 heterocycles. The molecule has 3 heteroatoms. The van der Waals surface area contributed by atoms with Crippen molar-refractivity contribution in [3.05, 3.63) is 11.3 Å². The molecule has 1 aliphatic rings. The largest absolute Gasteiger partial charge is 0.370 e. The average molecular weight is 179 g/mol. The molecule has 2 rings (SSSR count). The fourth-order valence-electron chi connectivity index (χ4n) is 1.95. The summed E-state index contributed by atoms with van der Waals surface area (Å²) in [6.07, 6.45) is 2.21. The minimum atomic E-state index is 0.551. The lowest BCUT2D eigenvalue weighted by Crippen LogP contribution is -2.21. The van der Waals surface area contributed by atoms with Gasteiger partial charge in [-0.1, -0.05) is 6.92 Å². The van der Waals surface area contributed by atoms with Crippen LogP contribution in [0.4, 0.5) is 5.82 Å². The van der Waals surface area contributed by atoms with Gasteiger partial charge in [-0.15, -0.1) is 0 Å². The van der Waals surface area contributed by atoms with Gasteiger partial charge in [0.2, 0.25) is 0 Å². The quantitative estimate of drug-likeness (QED) is 0.715. The zero-order chi connectivity index (χ0) is 9.42. The Bertz CT molecular complexity index is 314. The molecule has 0 aromatic carbocycles. The lowest BCUT2D eigenvalue weighted by atomic mass is 10.1. The maximum atomic E-state index is 4.60. The summed E-state index contributed by atoms with van der Waals surface area (Å²) in [5, 5.41) is 8.02. The molecule has 1 unspecified atom stereocenters. The van der Waals surface area contributed by atoms with Crippen molar-refractivity contribution in [2.24, 2.45) is 0 Å². The van der Waals surface area contributed by atoms with Gasteiger partial charge in [-0.05, 0) is 26.7 Å². The Kier molecular flexibility index (Phi) is 2.02. The molecule has 1 N–H and O–H groups in total. The average Bonchev–Trinajstić information content (AvgIpc) is 2.45. The van der Waals surface area contributed by atoms with Crippen molar-refractivity contribution in [1.82, 2.24) is 9.78 Å². The van der Waals surface area contributed by atoms with Gasteiger partial charge in [-0.3, -0.25) is 0 Å². The Hall–Kier alpha value is -0.990. The van der Waals surface area contributed by atoms with Crippen LogP contribution in [0.3, 0.4) is 0 Å². The monoisotopic (exact) mass is 179 g/mol. The van der Waals surface area contributed by atoms with Crippen LogP contribution in [0.15, 0.2) is 0 Å². The van der Waals surface area contributed by atoms with Gasteiger partial charge in [0.25, 0.3) is 0 Å². The van der Waals surface area contributed by atoms with Gasteiger partial charge in [0, 0.05) is 12.1 Å². The summed E-state index contributed by atoms with van der Waals surface area (Å²) in [7, 11) is 0. The van der Waals surface area contributed by atoms with Crippen LogP contribution in [0.1, 0.15) is 37.6 Å². The number of anilines is 1. The molecule has 0 saturated heterocycles. The molecule has 72 valence electrons. The van der Waals surface area contributed by atoms with Crippen LogP contribution in [0.2, 0.25) is 0 Å². The molecule has 0 saturated carbocycles. The fraction of sp³-hybridized carbons (Fsp3) is 0.700. The highest BCUT2D eigenvalue weighted by Crippen LogP contribution is 2.27. The van der Waals surface area contributed by atoms with E-state index in [4.69, 9.17) is 0 Å². The SMILES string of the molecule is CCc1nn2c(c1C)NCCC2C. The first-order chi connectivity index (χ1) is 6.24. The van der Waals surface area contributed by atoms with Gasteiger partial charge in [-0.25, -0.2) is 4.68 Å². The molecule has 0 spiro atoms. The minimum absolute atomic E-state index is 0.551. The second-order valence-electron chi connectivity index (χ2n) is 3.78. The molecule has 3 nitrogen and oxygen atoms in total. The fourth-order valence-corrected chi connectivity index (χ4v) is 1.95. The molecule has 13 heavy (non-hydrogen) atoms. The van der Waals surface area contributed by atoms with Crippen LogP contribution in [-0.4, -0.2) is 16.3 Å². The smallest absolute Gasteiger partial charge is 0.127 e. The Morgan fingerprint density at radius 2 is 2.38 bits per heavy atom. The summed E-state index contributed by atoms with van der Waals surface area (Å²) in [5.41, 5.74) is 2.56.